The predicted molar refractivity (Wildman–Crippen MR) is 91.8 cm³/mol. The second-order valence-electron chi connectivity index (χ2n) is 5.34. The second kappa shape index (κ2) is 7.53. The average Bonchev–Trinajstić information content (AvgIpc) is 2.47. The first-order valence-corrected chi connectivity index (χ1v) is 8.31. The Kier molecular flexibility index (Phi) is 5.71. The molecule has 0 aliphatic carbocycles. The lowest BCUT2D eigenvalue weighted by Gasteiger charge is -2.12. The van der Waals surface area contributed by atoms with E-state index in [1.54, 1.807) is 7.11 Å². The Morgan fingerprint density at radius 1 is 1.14 bits per heavy atom. The normalized spacial score (nSPS) is 12.2. The van der Waals surface area contributed by atoms with Crippen molar-refractivity contribution in [2.24, 2.45) is 5.73 Å². The lowest BCUT2D eigenvalue weighted by atomic mass is 10.1. The fourth-order valence-electron chi connectivity index (χ4n) is 2.28. The van der Waals surface area contributed by atoms with Gasteiger partial charge in [-0.2, -0.15) is 11.8 Å². The summed E-state index contributed by atoms with van der Waals surface area (Å²) >= 11 is 1.90. The third-order valence-corrected chi connectivity index (χ3v) is 4.49. The Bertz CT molecular complexity index is 596. The topological polar surface area (TPSA) is 35.2 Å². The molecule has 0 radical (unpaired) electrons. The summed E-state index contributed by atoms with van der Waals surface area (Å²) in [7, 11) is 1.72. The molecule has 2 rings (SSSR count). The number of thioether (sulfide) groups is 1. The fourth-order valence-corrected chi connectivity index (χ4v) is 3.24. The molecule has 0 aromatic heterocycles. The van der Waals surface area contributed by atoms with E-state index >= 15 is 0 Å². The van der Waals surface area contributed by atoms with Crippen molar-refractivity contribution in [2.75, 3.05) is 7.11 Å². The molecular weight excluding hydrogens is 278 g/mol. The van der Waals surface area contributed by atoms with Gasteiger partial charge in [-0.3, -0.25) is 0 Å². The second-order valence-corrected chi connectivity index (χ2v) is 6.33. The van der Waals surface area contributed by atoms with Gasteiger partial charge in [0.15, 0.2) is 0 Å². The minimum Gasteiger partial charge on any atom is -0.496 e. The van der Waals surface area contributed by atoms with Gasteiger partial charge in [-0.05, 0) is 37.1 Å². The van der Waals surface area contributed by atoms with Crippen LogP contribution in [0, 0.1) is 6.92 Å². The van der Waals surface area contributed by atoms with Crippen LogP contribution in [-0.2, 0) is 11.5 Å². The van der Waals surface area contributed by atoms with Gasteiger partial charge in [0.25, 0.3) is 0 Å². The third kappa shape index (κ3) is 4.51. The fraction of sp³-hybridized carbons (Fsp3) is 0.333. The Labute approximate surface area is 131 Å². The lowest BCUT2D eigenvalue weighted by molar-refractivity contribution is 0.411. The van der Waals surface area contributed by atoms with Gasteiger partial charge in [0.1, 0.15) is 5.75 Å². The van der Waals surface area contributed by atoms with E-state index in [1.165, 1.54) is 16.7 Å². The number of aryl methyl sites for hydroxylation is 1. The van der Waals surface area contributed by atoms with Gasteiger partial charge in [0, 0.05) is 23.1 Å². The highest BCUT2D eigenvalue weighted by atomic mass is 32.2. The van der Waals surface area contributed by atoms with Crippen LogP contribution in [0.5, 0.6) is 5.75 Å². The van der Waals surface area contributed by atoms with Crippen LogP contribution < -0.4 is 10.5 Å². The van der Waals surface area contributed by atoms with E-state index in [0.717, 1.165) is 22.8 Å². The molecule has 3 heteroatoms. The van der Waals surface area contributed by atoms with Crippen molar-refractivity contribution in [1.82, 2.24) is 0 Å². The zero-order chi connectivity index (χ0) is 15.2. The molecule has 0 amide bonds. The molecule has 0 spiro atoms. The Hall–Kier alpha value is -1.45. The molecule has 0 saturated heterocycles. The van der Waals surface area contributed by atoms with Gasteiger partial charge >= 0.3 is 0 Å². The highest BCUT2D eigenvalue weighted by Crippen LogP contribution is 2.28. The van der Waals surface area contributed by atoms with E-state index in [2.05, 4.69) is 37.3 Å². The van der Waals surface area contributed by atoms with Crippen molar-refractivity contribution < 1.29 is 4.74 Å². The summed E-state index contributed by atoms with van der Waals surface area (Å²) in [6.07, 6.45) is 0. The standard InChI is InChI=1S/C18H23NOS/c1-13-5-4-6-15(9-13)11-21-12-17-10-16(14(2)19)7-8-18(17)20-3/h4-10,14H,11-12,19H2,1-3H3. The summed E-state index contributed by atoms with van der Waals surface area (Å²) in [5.41, 5.74) is 11.0. The number of nitrogens with two attached hydrogens (primary N) is 1. The van der Waals surface area contributed by atoms with Gasteiger partial charge < -0.3 is 10.5 Å². The van der Waals surface area contributed by atoms with Gasteiger partial charge in [-0.25, -0.2) is 0 Å². The first kappa shape index (κ1) is 15.9. The minimum atomic E-state index is 0.0522. The minimum absolute atomic E-state index is 0.0522. The van der Waals surface area contributed by atoms with Crippen LogP contribution in [0.15, 0.2) is 42.5 Å². The highest BCUT2D eigenvalue weighted by Gasteiger charge is 2.07. The summed E-state index contributed by atoms with van der Waals surface area (Å²) in [4.78, 5) is 0. The van der Waals surface area contributed by atoms with Crippen LogP contribution in [0.25, 0.3) is 0 Å². The molecule has 2 N–H and O–H groups in total. The van der Waals surface area contributed by atoms with Gasteiger partial charge in [-0.1, -0.05) is 35.9 Å². The molecule has 1 unspecified atom stereocenters. The van der Waals surface area contributed by atoms with Gasteiger partial charge in [0.2, 0.25) is 0 Å². The van der Waals surface area contributed by atoms with E-state index < -0.39 is 0 Å². The van der Waals surface area contributed by atoms with Gasteiger partial charge in [0.05, 0.1) is 7.11 Å². The zero-order valence-corrected chi connectivity index (χ0v) is 13.7. The van der Waals surface area contributed by atoms with Crippen LogP contribution in [0.4, 0.5) is 0 Å². The lowest BCUT2D eigenvalue weighted by Crippen LogP contribution is -2.05. The molecule has 21 heavy (non-hydrogen) atoms. The molecule has 1 atom stereocenters. The molecule has 0 saturated carbocycles. The maximum absolute atomic E-state index is 5.96. The van der Waals surface area contributed by atoms with E-state index in [4.69, 9.17) is 10.5 Å². The van der Waals surface area contributed by atoms with E-state index in [9.17, 15) is 0 Å². The van der Waals surface area contributed by atoms with Crippen LogP contribution in [0.1, 0.15) is 35.2 Å². The van der Waals surface area contributed by atoms with Crippen molar-refractivity contribution in [3.63, 3.8) is 0 Å². The average molecular weight is 301 g/mol. The molecule has 0 aliphatic heterocycles. The first-order valence-electron chi connectivity index (χ1n) is 7.16. The molecule has 112 valence electrons. The van der Waals surface area contributed by atoms with E-state index in [-0.39, 0.29) is 6.04 Å². The van der Waals surface area contributed by atoms with E-state index in [0.29, 0.717) is 0 Å². The Morgan fingerprint density at radius 2 is 1.95 bits per heavy atom. The molecule has 0 heterocycles. The van der Waals surface area contributed by atoms with Crippen LogP contribution in [0.2, 0.25) is 0 Å². The van der Waals surface area contributed by atoms with Crippen molar-refractivity contribution in [3.05, 3.63) is 64.7 Å². The quantitative estimate of drug-likeness (QED) is 0.855. The highest BCUT2D eigenvalue weighted by molar-refractivity contribution is 7.97. The summed E-state index contributed by atoms with van der Waals surface area (Å²) in [5.74, 6) is 2.88. The summed E-state index contributed by atoms with van der Waals surface area (Å²) < 4.78 is 5.45. The molecule has 2 nitrogen and oxygen atoms in total. The SMILES string of the molecule is COc1ccc(C(C)N)cc1CSCc1cccc(C)c1. The van der Waals surface area contributed by atoms with Crippen LogP contribution in [-0.4, -0.2) is 7.11 Å². The summed E-state index contributed by atoms with van der Waals surface area (Å²) in [6, 6.07) is 14.9. The van der Waals surface area contributed by atoms with Crippen molar-refractivity contribution >= 4 is 11.8 Å². The number of hydrogen-bond acceptors (Lipinski definition) is 3. The van der Waals surface area contributed by atoms with E-state index in [1.807, 2.05) is 30.8 Å². The van der Waals surface area contributed by atoms with Crippen molar-refractivity contribution in [3.8, 4) is 5.75 Å². The molecule has 0 aliphatic rings. The van der Waals surface area contributed by atoms with Crippen LogP contribution in [0.3, 0.4) is 0 Å². The summed E-state index contributed by atoms with van der Waals surface area (Å²) in [6.45, 7) is 4.13. The maximum Gasteiger partial charge on any atom is 0.122 e. The number of ether oxygens (including phenoxy) is 1. The molecule has 0 fully saturated rings. The molecular formula is C18H23NOS. The van der Waals surface area contributed by atoms with Crippen molar-refractivity contribution in [2.45, 2.75) is 31.4 Å². The largest absolute Gasteiger partial charge is 0.496 e. The Balaban J connectivity index is 2.03. The molecule has 0 bridgehead atoms. The van der Waals surface area contributed by atoms with Crippen molar-refractivity contribution in [1.29, 1.82) is 0 Å². The number of benzene rings is 2. The predicted octanol–water partition coefficient (Wildman–Crippen LogP) is 4.46. The van der Waals surface area contributed by atoms with Gasteiger partial charge in [-0.15, -0.1) is 0 Å². The molecule has 2 aromatic carbocycles. The Morgan fingerprint density at radius 3 is 2.62 bits per heavy atom. The molecule has 2 aromatic rings. The smallest absolute Gasteiger partial charge is 0.122 e. The number of methoxy groups -OCH3 is 1. The first-order chi connectivity index (χ1) is 10.1. The zero-order valence-electron chi connectivity index (χ0n) is 12.9. The number of rotatable bonds is 6. The summed E-state index contributed by atoms with van der Waals surface area (Å²) in [5, 5.41) is 0. The maximum atomic E-state index is 5.96. The monoisotopic (exact) mass is 301 g/mol. The van der Waals surface area contributed by atoms with Crippen LogP contribution >= 0.6 is 11.8 Å². The number of hydrogen-bond donors (Lipinski definition) is 1. The third-order valence-electron chi connectivity index (χ3n) is 3.44.